The molecule has 0 radical (unpaired) electrons. The van der Waals surface area contributed by atoms with E-state index >= 15 is 4.39 Å². The van der Waals surface area contributed by atoms with Crippen molar-refractivity contribution in [3.63, 3.8) is 0 Å². The van der Waals surface area contributed by atoms with E-state index in [-0.39, 0.29) is 24.2 Å². The Labute approximate surface area is 214 Å². The number of ether oxygens (including phenoxy) is 2. The summed E-state index contributed by atoms with van der Waals surface area (Å²) in [6, 6.07) is 13.7. The van der Waals surface area contributed by atoms with Gasteiger partial charge in [0.15, 0.2) is 5.88 Å². The number of allylic oxidation sites excluding steroid dienone is 1. The van der Waals surface area contributed by atoms with E-state index in [0.717, 1.165) is 67.0 Å². The van der Waals surface area contributed by atoms with Crippen LogP contribution in [0.15, 0.2) is 60.8 Å². The number of fused-ring (bicyclic) bond motifs is 1. The molecule has 2 aromatic rings. The molecule has 1 saturated heterocycles. The average Bonchev–Trinajstić information content (AvgIpc) is 3.19. The van der Waals surface area contributed by atoms with Gasteiger partial charge in [-0.1, -0.05) is 18.2 Å². The first kappa shape index (κ1) is 26.2. The number of aryl methyl sites for hydroxylation is 1. The topological polar surface area (TPSA) is 33.7 Å². The Morgan fingerprint density at radius 3 is 2.64 bits per heavy atom. The molecule has 6 heteroatoms. The van der Waals surface area contributed by atoms with E-state index in [0.29, 0.717) is 24.3 Å². The number of nitrogens with one attached hydrogen (secondary N) is 1. The van der Waals surface area contributed by atoms with Crippen LogP contribution in [0, 0.1) is 0 Å². The normalized spacial score (nSPS) is 18.5. The monoisotopic (exact) mass is 496 g/mol. The fourth-order valence-electron chi connectivity index (χ4n) is 4.97. The number of halogens is 2. The van der Waals surface area contributed by atoms with Crippen LogP contribution in [0.1, 0.15) is 63.1 Å². The van der Waals surface area contributed by atoms with E-state index in [4.69, 9.17) is 9.47 Å². The highest BCUT2D eigenvalue weighted by atomic mass is 19.1. The summed E-state index contributed by atoms with van der Waals surface area (Å²) in [5, 5.41) is 3.23. The second kappa shape index (κ2) is 11.5. The molecule has 1 heterocycles. The van der Waals surface area contributed by atoms with Crippen molar-refractivity contribution in [1.29, 1.82) is 0 Å². The molecule has 0 bridgehead atoms. The first-order valence-electron chi connectivity index (χ1n) is 12.9. The van der Waals surface area contributed by atoms with Gasteiger partial charge in [-0.15, -0.1) is 0 Å². The molecule has 0 spiro atoms. The molecule has 2 aromatic carbocycles. The van der Waals surface area contributed by atoms with Crippen LogP contribution < -0.4 is 10.1 Å². The quantitative estimate of drug-likeness (QED) is 0.370. The summed E-state index contributed by atoms with van der Waals surface area (Å²) in [4.78, 5) is 2.24. The minimum absolute atomic E-state index is 0.0806. The minimum Gasteiger partial charge on any atom is -0.489 e. The zero-order valence-electron chi connectivity index (χ0n) is 21.7. The molecule has 1 aliphatic carbocycles. The molecule has 0 amide bonds. The SMILES string of the molecule is C=C(Nc1ccc2c(c1)CCCC(F)=C2c1ccc(OC2CCN(CCCF)C2)cc1)OC(C)(C)C. The van der Waals surface area contributed by atoms with E-state index in [1.54, 1.807) is 0 Å². The largest absolute Gasteiger partial charge is 0.489 e. The fourth-order valence-corrected chi connectivity index (χ4v) is 4.97. The number of hydrogen-bond acceptors (Lipinski definition) is 4. The lowest BCUT2D eigenvalue weighted by Gasteiger charge is -2.23. The van der Waals surface area contributed by atoms with Crippen LogP contribution in [0.25, 0.3) is 5.57 Å². The number of rotatable bonds is 9. The van der Waals surface area contributed by atoms with Crippen LogP contribution >= 0.6 is 0 Å². The molecular formula is C30H38F2N2O2. The molecule has 36 heavy (non-hydrogen) atoms. The smallest absolute Gasteiger partial charge is 0.184 e. The van der Waals surface area contributed by atoms with Gasteiger partial charge < -0.3 is 14.8 Å². The van der Waals surface area contributed by atoms with E-state index in [1.807, 2.05) is 57.2 Å². The molecule has 2 aliphatic rings. The van der Waals surface area contributed by atoms with Crippen molar-refractivity contribution in [2.45, 2.75) is 64.6 Å². The fraction of sp³-hybridized carbons (Fsp3) is 0.467. The van der Waals surface area contributed by atoms with Gasteiger partial charge in [-0.05, 0) is 94.0 Å². The summed E-state index contributed by atoms with van der Waals surface area (Å²) in [7, 11) is 0. The second-order valence-electron chi connectivity index (χ2n) is 10.7. The molecule has 1 unspecified atom stereocenters. The van der Waals surface area contributed by atoms with Crippen molar-refractivity contribution in [2.75, 3.05) is 31.6 Å². The predicted molar refractivity (Wildman–Crippen MR) is 143 cm³/mol. The van der Waals surface area contributed by atoms with Crippen molar-refractivity contribution in [3.05, 3.63) is 77.4 Å². The van der Waals surface area contributed by atoms with Crippen molar-refractivity contribution in [1.82, 2.24) is 4.90 Å². The Hall–Kier alpha value is -2.86. The van der Waals surface area contributed by atoms with Gasteiger partial charge in [-0.25, -0.2) is 4.39 Å². The summed E-state index contributed by atoms with van der Waals surface area (Å²) in [6.07, 6.45) is 3.59. The van der Waals surface area contributed by atoms with Gasteiger partial charge in [0.25, 0.3) is 0 Å². The lowest BCUT2D eigenvalue weighted by molar-refractivity contribution is 0.0565. The number of alkyl halides is 1. The van der Waals surface area contributed by atoms with Crippen LogP contribution in [0.2, 0.25) is 0 Å². The minimum atomic E-state index is -0.336. The van der Waals surface area contributed by atoms with Crippen molar-refractivity contribution in [2.24, 2.45) is 0 Å². The van der Waals surface area contributed by atoms with Crippen LogP contribution in [-0.2, 0) is 11.2 Å². The van der Waals surface area contributed by atoms with Gasteiger partial charge >= 0.3 is 0 Å². The number of anilines is 1. The molecule has 0 aromatic heterocycles. The first-order valence-corrected chi connectivity index (χ1v) is 12.9. The Bertz CT molecular complexity index is 1090. The van der Waals surface area contributed by atoms with E-state index in [1.165, 1.54) is 0 Å². The van der Waals surface area contributed by atoms with Gasteiger partial charge in [0.1, 0.15) is 23.3 Å². The zero-order chi connectivity index (χ0) is 25.7. The maximum atomic E-state index is 15.3. The summed E-state index contributed by atoms with van der Waals surface area (Å²) >= 11 is 0. The maximum absolute atomic E-state index is 15.3. The molecule has 1 aliphatic heterocycles. The summed E-state index contributed by atoms with van der Waals surface area (Å²) in [6.45, 7) is 12.1. The summed E-state index contributed by atoms with van der Waals surface area (Å²) in [5.74, 6) is 1.19. The highest BCUT2D eigenvalue weighted by molar-refractivity contribution is 5.84. The molecule has 4 rings (SSSR count). The number of nitrogens with zero attached hydrogens (tertiary/aromatic N) is 1. The van der Waals surface area contributed by atoms with Crippen molar-refractivity contribution < 1.29 is 18.3 Å². The second-order valence-corrected chi connectivity index (χ2v) is 10.7. The Kier molecular flexibility index (Phi) is 8.35. The van der Waals surface area contributed by atoms with Crippen LogP contribution in [-0.4, -0.2) is 42.9 Å². The highest BCUT2D eigenvalue weighted by Crippen LogP contribution is 2.37. The highest BCUT2D eigenvalue weighted by Gasteiger charge is 2.24. The van der Waals surface area contributed by atoms with Gasteiger partial charge in [-0.2, -0.15) is 0 Å². The molecule has 1 fully saturated rings. The van der Waals surface area contributed by atoms with E-state index in [9.17, 15) is 4.39 Å². The third kappa shape index (κ3) is 6.88. The van der Waals surface area contributed by atoms with Crippen LogP contribution in [0.3, 0.4) is 0 Å². The number of benzene rings is 2. The van der Waals surface area contributed by atoms with Crippen LogP contribution in [0.4, 0.5) is 14.5 Å². The zero-order valence-corrected chi connectivity index (χ0v) is 21.7. The van der Waals surface area contributed by atoms with Crippen molar-refractivity contribution in [3.8, 4) is 5.75 Å². The third-order valence-corrected chi connectivity index (χ3v) is 6.48. The Morgan fingerprint density at radius 2 is 1.92 bits per heavy atom. The first-order chi connectivity index (χ1) is 17.2. The third-order valence-electron chi connectivity index (χ3n) is 6.48. The van der Waals surface area contributed by atoms with Gasteiger partial charge in [0, 0.05) is 37.3 Å². The molecule has 1 N–H and O–H groups in total. The van der Waals surface area contributed by atoms with Gasteiger partial charge in [-0.3, -0.25) is 9.29 Å². The average molecular weight is 497 g/mol. The molecule has 1 atom stereocenters. The Balaban J connectivity index is 1.48. The van der Waals surface area contributed by atoms with E-state index < -0.39 is 0 Å². The van der Waals surface area contributed by atoms with E-state index in [2.05, 4.69) is 22.9 Å². The predicted octanol–water partition coefficient (Wildman–Crippen LogP) is 7.26. The summed E-state index contributed by atoms with van der Waals surface area (Å²) in [5.41, 5.74) is 4.07. The molecule has 4 nitrogen and oxygen atoms in total. The number of likely N-dealkylation sites (tertiary alicyclic amines) is 1. The van der Waals surface area contributed by atoms with Crippen molar-refractivity contribution >= 4 is 11.3 Å². The molecule has 0 saturated carbocycles. The summed E-state index contributed by atoms with van der Waals surface area (Å²) < 4.78 is 39.7. The molecular weight excluding hydrogens is 458 g/mol. The number of hydrogen-bond donors (Lipinski definition) is 1. The molecule has 194 valence electrons. The lowest BCUT2D eigenvalue weighted by Crippen LogP contribution is -2.26. The van der Waals surface area contributed by atoms with Crippen LogP contribution in [0.5, 0.6) is 5.75 Å². The standard InChI is InChI=1S/C30H38F2N2O2/c1-21(36-30(2,3)4)33-24-11-14-27-23(19-24)7-5-8-28(32)29(27)22-9-12-25(13-10-22)35-26-15-18-34(20-26)17-6-16-31/h9-14,19,26,33H,1,5-8,15-18,20H2,2-4H3. The lowest BCUT2D eigenvalue weighted by atomic mass is 9.93. The maximum Gasteiger partial charge on any atom is 0.184 e. The van der Waals surface area contributed by atoms with Gasteiger partial charge in [0.2, 0.25) is 0 Å². The Morgan fingerprint density at radius 1 is 1.14 bits per heavy atom. The van der Waals surface area contributed by atoms with Gasteiger partial charge in [0.05, 0.1) is 6.67 Å².